The second-order valence-corrected chi connectivity index (χ2v) is 9.43. The van der Waals surface area contributed by atoms with E-state index < -0.39 is 35.2 Å². The number of aliphatic hydroxyl groups excluding tert-OH is 1. The number of nitrogens with zero attached hydrogens (tertiary/aromatic N) is 2. The quantitative estimate of drug-likeness (QED) is 0.486. The summed E-state index contributed by atoms with van der Waals surface area (Å²) in [6.07, 6.45) is 0.00857. The Morgan fingerprint density at radius 2 is 1.97 bits per heavy atom. The van der Waals surface area contributed by atoms with Crippen LogP contribution in [-0.4, -0.2) is 58.0 Å². The zero-order valence-corrected chi connectivity index (χ0v) is 19.5. The van der Waals surface area contributed by atoms with Crippen molar-refractivity contribution in [3.63, 3.8) is 0 Å². The first-order valence-corrected chi connectivity index (χ1v) is 10.8. The Morgan fingerprint density at radius 1 is 1.27 bits per heavy atom. The molecule has 0 saturated carbocycles. The molecular formula is C21H25IN2O6. The molecule has 8 nitrogen and oxygen atoms in total. The van der Waals surface area contributed by atoms with Crippen LogP contribution in [0.3, 0.4) is 0 Å². The van der Waals surface area contributed by atoms with E-state index in [0.717, 1.165) is 3.57 Å². The highest BCUT2D eigenvalue weighted by molar-refractivity contribution is 14.1. The lowest BCUT2D eigenvalue weighted by atomic mass is 10.1. The molecule has 1 fully saturated rings. The molecule has 1 saturated heterocycles. The molecule has 0 bridgehead atoms. The summed E-state index contributed by atoms with van der Waals surface area (Å²) in [5.41, 5.74) is -0.606. The van der Waals surface area contributed by atoms with E-state index in [1.807, 2.05) is 6.07 Å². The number of hydrogen-bond donors (Lipinski definition) is 1. The van der Waals surface area contributed by atoms with Crippen LogP contribution < -0.4 is 5.43 Å². The number of aromatic nitrogens is 1. The third kappa shape index (κ3) is 4.61. The monoisotopic (exact) mass is 528 g/mol. The summed E-state index contributed by atoms with van der Waals surface area (Å²) in [6, 6.07) is 4.77. The Hall–Kier alpha value is -2.14. The summed E-state index contributed by atoms with van der Waals surface area (Å²) < 4.78 is 13.0. The van der Waals surface area contributed by atoms with Crippen LogP contribution in [0.4, 0.5) is 4.79 Å². The second kappa shape index (κ2) is 8.54. The minimum Gasteiger partial charge on any atom is -0.462 e. The highest BCUT2D eigenvalue weighted by atomic mass is 127. The van der Waals surface area contributed by atoms with Gasteiger partial charge < -0.3 is 24.0 Å². The molecule has 0 radical (unpaired) electrons. The van der Waals surface area contributed by atoms with Crippen LogP contribution in [0.15, 0.2) is 29.2 Å². The van der Waals surface area contributed by atoms with Gasteiger partial charge in [0.1, 0.15) is 11.2 Å². The van der Waals surface area contributed by atoms with E-state index in [0.29, 0.717) is 10.9 Å². The number of hydrogen-bond acceptors (Lipinski definition) is 6. The van der Waals surface area contributed by atoms with E-state index >= 15 is 0 Å². The molecule has 2 atom stereocenters. The van der Waals surface area contributed by atoms with Gasteiger partial charge in [-0.3, -0.25) is 4.79 Å². The lowest BCUT2D eigenvalue weighted by Crippen LogP contribution is -2.36. The fourth-order valence-electron chi connectivity index (χ4n) is 3.47. The van der Waals surface area contributed by atoms with Gasteiger partial charge in [0.2, 0.25) is 5.43 Å². The van der Waals surface area contributed by atoms with Gasteiger partial charge in [-0.2, -0.15) is 0 Å². The Kier molecular flexibility index (Phi) is 6.42. The van der Waals surface area contributed by atoms with Crippen molar-refractivity contribution in [3.05, 3.63) is 43.8 Å². The molecule has 0 spiro atoms. The van der Waals surface area contributed by atoms with Crippen molar-refractivity contribution >= 4 is 45.6 Å². The fraction of sp³-hybridized carbons (Fsp3) is 0.476. The van der Waals surface area contributed by atoms with Gasteiger partial charge in [0, 0.05) is 21.7 Å². The molecule has 9 heteroatoms. The predicted molar refractivity (Wildman–Crippen MR) is 120 cm³/mol. The molecule has 1 aromatic heterocycles. The molecule has 1 amide bonds. The summed E-state index contributed by atoms with van der Waals surface area (Å²) >= 11 is 2.10. The molecule has 1 aromatic carbocycles. The predicted octanol–water partition coefficient (Wildman–Crippen LogP) is 2.94. The first-order valence-electron chi connectivity index (χ1n) is 9.69. The molecule has 1 aliphatic heterocycles. The van der Waals surface area contributed by atoms with Crippen molar-refractivity contribution in [2.45, 2.75) is 45.4 Å². The van der Waals surface area contributed by atoms with E-state index in [4.69, 9.17) is 9.47 Å². The molecule has 2 aromatic rings. The topological polar surface area (TPSA) is 98.1 Å². The number of amides is 1. The number of rotatable bonds is 3. The van der Waals surface area contributed by atoms with Crippen molar-refractivity contribution in [2.75, 3.05) is 19.7 Å². The van der Waals surface area contributed by atoms with Crippen molar-refractivity contribution in [3.8, 4) is 0 Å². The number of aliphatic hydroxyl groups is 1. The van der Waals surface area contributed by atoms with E-state index in [2.05, 4.69) is 22.6 Å². The first-order chi connectivity index (χ1) is 14.0. The van der Waals surface area contributed by atoms with Crippen molar-refractivity contribution in [1.82, 2.24) is 9.47 Å². The van der Waals surface area contributed by atoms with E-state index in [1.54, 1.807) is 44.4 Å². The molecule has 2 unspecified atom stereocenters. The summed E-state index contributed by atoms with van der Waals surface area (Å²) in [7, 11) is 0. The Morgan fingerprint density at radius 3 is 2.60 bits per heavy atom. The fourth-order valence-corrected chi connectivity index (χ4v) is 3.97. The average molecular weight is 528 g/mol. The Bertz CT molecular complexity index is 1040. The number of halogens is 1. The molecule has 0 aliphatic carbocycles. The summed E-state index contributed by atoms with van der Waals surface area (Å²) in [4.78, 5) is 39.2. The minimum absolute atomic E-state index is 0.0896. The number of fused-ring (bicyclic) bond motifs is 1. The van der Waals surface area contributed by atoms with Gasteiger partial charge in [-0.05, 0) is 68.5 Å². The van der Waals surface area contributed by atoms with Crippen LogP contribution in [0.1, 0.15) is 44.1 Å². The number of carbonyl (C=O) groups excluding carboxylic acids is 2. The number of carbonyl (C=O) groups is 2. The third-order valence-electron chi connectivity index (χ3n) is 4.76. The zero-order valence-electron chi connectivity index (χ0n) is 17.3. The van der Waals surface area contributed by atoms with Crippen molar-refractivity contribution in [2.24, 2.45) is 0 Å². The molecule has 30 heavy (non-hydrogen) atoms. The van der Waals surface area contributed by atoms with Crippen LogP contribution >= 0.6 is 22.6 Å². The molecule has 1 N–H and O–H groups in total. The first kappa shape index (κ1) is 22.5. The van der Waals surface area contributed by atoms with Crippen LogP contribution in [-0.2, 0) is 9.47 Å². The lowest BCUT2D eigenvalue weighted by molar-refractivity contribution is 0.0269. The number of β-amino-alcohol motifs (C(OH)–C–C–N with tert-alkyl or cyclic N) is 1. The zero-order chi connectivity index (χ0) is 22.2. The van der Waals surface area contributed by atoms with Gasteiger partial charge in [-0.15, -0.1) is 0 Å². The Balaban J connectivity index is 2.06. The van der Waals surface area contributed by atoms with Gasteiger partial charge in [-0.25, -0.2) is 9.59 Å². The number of pyridine rings is 1. The van der Waals surface area contributed by atoms with E-state index in [-0.39, 0.29) is 25.3 Å². The SMILES string of the molecule is CCOC(=O)c1cn(C2CN(C(=O)OC(C)(C)C)CC2O)c2ccc(I)cc2c1=O. The van der Waals surface area contributed by atoms with Gasteiger partial charge in [0.25, 0.3) is 0 Å². The average Bonchev–Trinajstić information content (AvgIpc) is 3.03. The van der Waals surface area contributed by atoms with Gasteiger partial charge >= 0.3 is 12.1 Å². The number of esters is 1. The second-order valence-electron chi connectivity index (χ2n) is 8.18. The third-order valence-corrected chi connectivity index (χ3v) is 5.43. The van der Waals surface area contributed by atoms with E-state index in [1.165, 1.54) is 11.1 Å². The summed E-state index contributed by atoms with van der Waals surface area (Å²) in [6.45, 7) is 7.40. The van der Waals surface area contributed by atoms with Crippen LogP contribution in [0.5, 0.6) is 0 Å². The van der Waals surface area contributed by atoms with E-state index in [9.17, 15) is 19.5 Å². The molecular weight excluding hydrogens is 503 g/mol. The molecule has 162 valence electrons. The number of likely N-dealkylation sites (tertiary alicyclic amines) is 1. The summed E-state index contributed by atoms with van der Waals surface area (Å²) in [5.74, 6) is -0.714. The number of ether oxygens (including phenoxy) is 2. The summed E-state index contributed by atoms with van der Waals surface area (Å²) in [5, 5.41) is 11.1. The van der Waals surface area contributed by atoms with Gasteiger partial charge in [0.05, 0.1) is 30.8 Å². The normalized spacial score (nSPS) is 19.2. The lowest BCUT2D eigenvalue weighted by Gasteiger charge is -2.24. The standard InChI is InChI=1S/C21H25IN2O6/c1-5-29-19(27)14-9-24(15-7-6-12(22)8-13(15)18(14)26)16-10-23(11-17(16)25)20(28)30-21(2,3)4/h6-9,16-17,25H,5,10-11H2,1-4H3. The minimum atomic E-state index is -0.891. The smallest absolute Gasteiger partial charge is 0.410 e. The van der Waals surface area contributed by atoms with Crippen molar-refractivity contribution in [1.29, 1.82) is 0 Å². The van der Waals surface area contributed by atoms with Crippen LogP contribution in [0.2, 0.25) is 0 Å². The number of benzene rings is 1. The maximum Gasteiger partial charge on any atom is 0.410 e. The van der Waals surface area contributed by atoms with Crippen molar-refractivity contribution < 1.29 is 24.2 Å². The Labute approximate surface area is 187 Å². The van der Waals surface area contributed by atoms with Gasteiger partial charge in [0.15, 0.2) is 0 Å². The largest absolute Gasteiger partial charge is 0.462 e. The van der Waals surface area contributed by atoms with Gasteiger partial charge in [-0.1, -0.05) is 0 Å². The maximum atomic E-state index is 12.9. The van der Waals surface area contributed by atoms with Crippen LogP contribution in [0, 0.1) is 3.57 Å². The molecule has 1 aliphatic rings. The maximum absolute atomic E-state index is 12.9. The molecule has 3 rings (SSSR count). The highest BCUT2D eigenvalue weighted by Gasteiger charge is 2.38. The van der Waals surface area contributed by atoms with Crippen LogP contribution in [0.25, 0.3) is 10.9 Å². The molecule has 2 heterocycles. The highest BCUT2D eigenvalue weighted by Crippen LogP contribution is 2.28.